The minimum Gasteiger partial charge on any atom is -0.316 e. The summed E-state index contributed by atoms with van der Waals surface area (Å²) in [4.78, 5) is 2.65. The quantitative estimate of drug-likeness (QED) is 0.772. The molecule has 16 heavy (non-hydrogen) atoms. The number of nitrogens with one attached hydrogen (secondary N) is 1. The first-order valence-corrected chi connectivity index (χ1v) is 7.69. The predicted octanol–water partition coefficient (Wildman–Crippen LogP) is 2.45. The van der Waals surface area contributed by atoms with Gasteiger partial charge in [0.05, 0.1) is 0 Å². The Balaban J connectivity index is 2.41. The van der Waals surface area contributed by atoms with Crippen molar-refractivity contribution in [1.82, 2.24) is 10.2 Å². The van der Waals surface area contributed by atoms with Crippen molar-refractivity contribution >= 4 is 11.8 Å². The van der Waals surface area contributed by atoms with Crippen LogP contribution in [-0.4, -0.2) is 48.6 Å². The van der Waals surface area contributed by atoms with E-state index < -0.39 is 0 Å². The van der Waals surface area contributed by atoms with Gasteiger partial charge in [0.2, 0.25) is 0 Å². The Kier molecular flexibility index (Phi) is 6.16. The van der Waals surface area contributed by atoms with Crippen molar-refractivity contribution in [1.29, 1.82) is 0 Å². The van der Waals surface area contributed by atoms with Crippen LogP contribution in [0.5, 0.6) is 0 Å². The molecule has 1 rings (SSSR count). The Bertz CT molecular complexity index is 198. The lowest BCUT2D eigenvalue weighted by atomic mass is 9.86. The molecule has 0 aromatic rings. The highest BCUT2D eigenvalue weighted by Crippen LogP contribution is 2.25. The Labute approximate surface area is 106 Å². The fourth-order valence-electron chi connectivity index (χ4n) is 2.29. The van der Waals surface area contributed by atoms with Crippen LogP contribution in [-0.2, 0) is 0 Å². The summed E-state index contributed by atoms with van der Waals surface area (Å²) >= 11 is 2.12. The van der Waals surface area contributed by atoms with Gasteiger partial charge in [0.25, 0.3) is 0 Å². The van der Waals surface area contributed by atoms with Crippen LogP contribution >= 0.6 is 11.8 Å². The molecule has 0 amide bonds. The molecular weight excluding hydrogens is 216 g/mol. The van der Waals surface area contributed by atoms with Crippen LogP contribution in [0.1, 0.15) is 34.1 Å². The first-order chi connectivity index (χ1) is 7.59. The first-order valence-electron chi connectivity index (χ1n) is 6.64. The Hall–Kier alpha value is 0.270. The number of rotatable bonds is 6. The second-order valence-corrected chi connectivity index (χ2v) is 6.91. The van der Waals surface area contributed by atoms with Crippen LogP contribution in [0.15, 0.2) is 0 Å². The van der Waals surface area contributed by atoms with Crippen molar-refractivity contribution in [3.05, 3.63) is 0 Å². The van der Waals surface area contributed by atoms with E-state index >= 15 is 0 Å². The molecule has 1 aliphatic rings. The summed E-state index contributed by atoms with van der Waals surface area (Å²) in [6, 6.07) is 0. The maximum absolute atomic E-state index is 3.51. The molecule has 0 saturated carbocycles. The van der Waals surface area contributed by atoms with E-state index in [0.717, 1.165) is 18.3 Å². The zero-order valence-corrected chi connectivity index (χ0v) is 12.2. The molecule has 1 heterocycles. The van der Waals surface area contributed by atoms with Gasteiger partial charge in [-0.3, -0.25) is 0 Å². The van der Waals surface area contributed by atoms with Crippen molar-refractivity contribution in [2.45, 2.75) is 39.4 Å². The third kappa shape index (κ3) is 4.64. The monoisotopic (exact) mass is 244 g/mol. The molecule has 1 saturated heterocycles. The van der Waals surface area contributed by atoms with Crippen LogP contribution in [0.2, 0.25) is 0 Å². The molecule has 0 aromatic carbocycles. The molecule has 0 spiro atoms. The van der Waals surface area contributed by atoms with Crippen molar-refractivity contribution < 1.29 is 0 Å². The van der Waals surface area contributed by atoms with Gasteiger partial charge >= 0.3 is 0 Å². The Morgan fingerprint density at radius 2 is 2.19 bits per heavy atom. The lowest BCUT2D eigenvalue weighted by Gasteiger charge is -2.38. The summed E-state index contributed by atoms with van der Waals surface area (Å²) in [6.45, 7) is 15.3. The zero-order valence-electron chi connectivity index (χ0n) is 11.4. The zero-order chi connectivity index (χ0) is 12.0. The molecule has 0 radical (unpaired) electrons. The van der Waals surface area contributed by atoms with Gasteiger partial charge < -0.3 is 10.2 Å². The highest BCUT2D eigenvalue weighted by atomic mass is 32.2. The molecular formula is C13H28N2S. The summed E-state index contributed by atoms with van der Waals surface area (Å²) in [5.74, 6) is 1.31. The average Bonchev–Trinajstić information content (AvgIpc) is 2.26. The molecule has 0 aliphatic carbocycles. The summed E-state index contributed by atoms with van der Waals surface area (Å²) in [5.41, 5.74) is 0.442. The second kappa shape index (κ2) is 6.87. The van der Waals surface area contributed by atoms with Crippen molar-refractivity contribution in [2.75, 3.05) is 38.5 Å². The SMILES string of the molecule is CCNCC(C)(CC)CN1CCSC(C)C1. The van der Waals surface area contributed by atoms with Crippen LogP contribution < -0.4 is 5.32 Å². The van der Waals surface area contributed by atoms with Crippen LogP contribution in [0.3, 0.4) is 0 Å². The van der Waals surface area contributed by atoms with Gasteiger partial charge in [-0.1, -0.05) is 27.7 Å². The number of nitrogens with zero attached hydrogens (tertiary/aromatic N) is 1. The van der Waals surface area contributed by atoms with Gasteiger partial charge in [0.1, 0.15) is 0 Å². The molecule has 0 aromatic heterocycles. The number of hydrogen-bond acceptors (Lipinski definition) is 3. The van der Waals surface area contributed by atoms with Crippen molar-refractivity contribution in [2.24, 2.45) is 5.41 Å². The van der Waals surface area contributed by atoms with Crippen molar-refractivity contribution in [3.63, 3.8) is 0 Å². The van der Waals surface area contributed by atoms with E-state index in [2.05, 4.69) is 49.7 Å². The summed E-state index contributed by atoms with van der Waals surface area (Å²) in [6.07, 6.45) is 1.26. The lowest BCUT2D eigenvalue weighted by Crippen LogP contribution is -2.46. The summed E-state index contributed by atoms with van der Waals surface area (Å²) < 4.78 is 0. The van der Waals surface area contributed by atoms with Gasteiger partial charge in [-0.15, -0.1) is 0 Å². The third-order valence-electron chi connectivity index (χ3n) is 3.59. The highest BCUT2D eigenvalue weighted by molar-refractivity contribution is 7.99. The highest BCUT2D eigenvalue weighted by Gasteiger charge is 2.27. The van der Waals surface area contributed by atoms with E-state index in [4.69, 9.17) is 0 Å². The van der Waals surface area contributed by atoms with E-state index in [0.29, 0.717) is 5.41 Å². The van der Waals surface area contributed by atoms with Crippen LogP contribution in [0, 0.1) is 5.41 Å². The minimum absolute atomic E-state index is 0.442. The van der Waals surface area contributed by atoms with Gasteiger partial charge in [-0.2, -0.15) is 11.8 Å². The van der Waals surface area contributed by atoms with Crippen LogP contribution in [0.4, 0.5) is 0 Å². The van der Waals surface area contributed by atoms with E-state index in [1.54, 1.807) is 0 Å². The fraction of sp³-hybridized carbons (Fsp3) is 1.00. The Morgan fingerprint density at radius 1 is 1.44 bits per heavy atom. The van der Waals surface area contributed by atoms with Crippen LogP contribution in [0.25, 0.3) is 0 Å². The third-order valence-corrected chi connectivity index (χ3v) is 4.72. The van der Waals surface area contributed by atoms with E-state index in [9.17, 15) is 0 Å². The van der Waals surface area contributed by atoms with E-state index in [1.807, 2.05) is 0 Å². The second-order valence-electron chi connectivity index (χ2n) is 5.36. The maximum atomic E-state index is 3.51. The molecule has 2 nitrogen and oxygen atoms in total. The molecule has 1 aliphatic heterocycles. The standard InChI is InChI=1S/C13H28N2S/c1-5-13(4,10-14-6-2)11-15-7-8-16-12(3)9-15/h12,14H,5-11H2,1-4H3. The normalized spacial score (nSPS) is 26.6. The van der Waals surface area contributed by atoms with E-state index in [1.165, 1.54) is 31.8 Å². The number of thioether (sulfide) groups is 1. The predicted molar refractivity (Wildman–Crippen MR) is 75.3 cm³/mol. The van der Waals surface area contributed by atoms with Gasteiger partial charge in [0.15, 0.2) is 0 Å². The van der Waals surface area contributed by atoms with E-state index in [-0.39, 0.29) is 0 Å². The molecule has 1 N–H and O–H groups in total. The largest absolute Gasteiger partial charge is 0.316 e. The number of hydrogen-bond donors (Lipinski definition) is 1. The van der Waals surface area contributed by atoms with Gasteiger partial charge in [-0.05, 0) is 18.4 Å². The summed E-state index contributed by atoms with van der Waals surface area (Å²) in [5, 5.41) is 4.32. The van der Waals surface area contributed by atoms with Crippen molar-refractivity contribution in [3.8, 4) is 0 Å². The molecule has 1 fully saturated rings. The van der Waals surface area contributed by atoms with Gasteiger partial charge in [0, 0.05) is 37.2 Å². The molecule has 2 unspecified atom stereocenters. The molecule has 96 valence electrons. The smallest absolute Gasteiger partial charge is 0.0147 e. The topological polar surface area (TPSA) is 15.3 Å². The average molecular weight is 244 g/mol. The lowest BCUT2D eigenvalue weighted by molar-refractivity contribution is 0.160. The molecule has 2 atom stereocenters. The van der Waals surface area contributed by atoms with Gasteiger partial charge in [-0.25, -0.2) is 0 Å². The minimum atomic E-state index is 0.442. The summed E-state index contributed by atoms with van der Waals surface area (Å²) in [7, 11) is 0. The molecule has 3 heteroatoms. The fourth-order valence-corrected chi connectivity index (χ4v) is 3.38. The Morgan fingerprint density at radius 3 is 2.75 bits per heavy atom. The maximum Gasteiger partial charge on any atom is 0.0147 e. The molecule has 0 bridgehead atoms. The first kappa shape index (κ1) is 14.3.